The fourth-order valence-electron chi connectivity index (χ4n) is 9.03. The van der Waals surface area contributed by atoms with Crippen LogP contribution in [0.4, 0.5) is 17.1 Å². The molecule has 0 amide bonds. The van der Waals surface area contributed by atoms with Gasteiger partial charge in [-0.15, -0.1) is 0 Å². The van der Waals surface area contributed by atoms with Crippen LogP contribution in [0.1, 0.15) is 0 Å². The van der Waals surface area contributed by atoms with E-state index in [1.165, 1.54) is 21.8 Å². The number of benzene rings is 9. The largest absolute Gasteiger partial charge is 0.456 e. The highest BCUT2D eigenvalue weighted by atomic mass is 16.3. The van der Waals surface area contributed by atoms with Crippen LogP contribution in [0.2, 0.25) is 0 Å². The highest BCUT2D eigenvalue weighted by molar-refractivity contribution is 6.12. The van der Waals surface area contributed by atoms with Crippen molar-refractivity contribution in [3.63, 3.8) is 0 Å². The van der Waals surface area contributed by atoms with Crippen molar-refractivity contribution in [1.29, 1.82) is 0 Å². The smallest absolute Gasteiger partial charge is 0.159 e. The van der Waals surface area contributed by atoms with Crippen molar-refractivity contribution < 1.29 is 8.83 Å². The number of nitrogens with zero attached hydrogens (tertiary/aromatic N) is 2. The third-order valence-electron chi connectivity index (χ3n) is 11.6. The van der Waals surface area contributed by atoms with Crippen LogP contribution in [0.3, 0.4) is 0 Å². The normalized spacial score (nSPS) is 11.8. The molecule has 4 nitrogen and oxygen atoms in total. The van der Waals surface area contributed by atoms with E-state index in [4.69, 9.17) is 8.83 Å². The number of aromatic nitrogens is 1. The van der Waals surface area contributed by atoms with Crippen LogP contribution in [0, 0.1) is 0 Å². The van der Waals surface area contributed by atoms with E-state index in [0.717, 1.165) is 88.9 Å². The van der Waals surface area contributed by atoms with Crippen LogP contribution in [-0.4, -0.2) is 4.57 Å². The van der Waals surface area contributed by atoms with Gasteiger partial charge in [0.05, 0.1) is 28.1 Å². The topological polar surface area (TPSA) is 34.5 Å². The second kappa shape index (κ2) is 12.9. The summed E-state index contributed by atoms with van der Waals surface area (Å²) < 4.78 is 15.6. The summed E-state index contributed by atoms with van der Waals surface area (Å²) in [6.07, 6.45) is 0. The molecule has 12 rings (SSSR count). The summed E-state index contributed by atoms with van der Waals surface area (Å²) in [4.78, 5) is 2.31. The van der Waals surface area contributed by atoms with Crippen LogP contribution in [0.15, 0.2) is 215 Å². The quantitative estimate of drug-likeness (QED) is 0.170. The average molecular weight is 743 g/mol. The molecule has 272 valence electrons. The van der Waals surface area contributed by atoms with Gasteiger partial charge < -0.3 is 18.3 Å². The second-order valence-electron chi connectivity index (χ2n) is 14.8. The third-order valence-corrected chi connectivity index (χ3v) is 11.6. The van der Waals surface area contributed by atoms with Crippen molar-refractivity contribution in [2.45, 2.75) is 0 Å². The first kappa shape index (κ1) is 32.4. The van der Waals surface area contributed by atoms with E-state index in [2.05, 4.69) is 191 Å². The Morgan fingerprint density at radius 2 is 0.914 bits per heavy atom. The molecule has 0 aliphatic carbocycles. The van der Waals surface area contributed by atoms with Gasteiger partial charge in [-0.2, -0.15) is 0 Å². The first-order valence-electron chi connectivity index (χ1n) is 19.7. The van der Waals surface area contributed by atoms with Crippen molar-refractivity contribution in [3.8, 4) is 27.9 Å². The Morgan fingerprint density at radius 1 is 0.345 bits per heavy atom. The molecule has 0 N–H and O–H groups in total. The Morgan fingerprint density at radius 3 is 1.69 bits per heavy atom. The summed E-state index contributed by atoms with van der Waals surface area (Å²) in [5, 5.41) is 6.83. The number of furan rings is 2. The Labute approximate surface area is 334 Å². The maximum Gasteiger partial charge on any atom is 0.159 e. The Hall–Kier alpha value is -7.82. The number of hydrogen-bond donors (Lipinski definition) is 0. The van der Waals surface area contributed by atoms with Crippen LogP contribution >= 0.6 is 0 Å². The van der Waals surface area contributed by atoms with E-state index in [1.807, 2.05) is 24.3 Å². The summed E-state index contributed by atoms with van der Waals surface area (Å²) in [6.45, 7) is 0. The van der Waals surface area contributed by atoms with Crippen LogP contribution in [0.5, 0.6) is 0 Å². The fraction of sp³-hybridized carbons (Fsp3) is 0. The van der Waals surface area contributed by atoms with Gasteiger partial charge in [0.15, 0.2) is 5.58 Å². The zero-order chi connectivity index (χ0) is 38.2. The van der Waals surface area contributed by atoms with E-state index in [9.17, 15) is 0 Å². The second-order valence-corrected chi connectivity index (χ2v) is 14.8. The minimum absolute atomic E-state index is 0.829. The molecule has 0 aliphatic rings. The van der Waals surface area contributed by atoms with Crippen molar-refractivity contribution in [1.82, 2.24) is 4.57 Å². The van der Waals surface area contributed by atoms with Gasteiger partial charge in [0.2, 0.25) is 0 Å². The summed E-state index contributed by atoms with van der Waals surface area (Å²) in [6, 6.07) is 73.2. The third kappa shape index (κ3) is 4.95. The van der Waals surface area contributed by atoms with Gasteiger partial charge in [0.1, 0.15) is 16.7 Å². The van der Waals surface area contributed by atoms with E-state index < -0.39 is 0 Å². The van der Waals surface area contributed by atoms with Crippen molar-refractivity contribution >= 4 is 82.7 Å². The molecule has 0 bridgehead atoms. The molecule has 0 fully saturated rings. The van der Waals surface area contributed by atoms with Crippen molar-refractivity contribution in [2.75, 3.05) is 4.90 Å². The summed E-state index contributed by atoms with van der Waals surface area (Å²) >= 11 is 0. The minimum atomic E-state index is 0.829. The van der Waals surface area contributed by atoms with E-state index in [0.29, 0.717) is 0 Å². The lowest BCUT2D eigenvalue weighted by Gasteiger charge is -2.27. The fourth-order valence-corrected chi connectivity index (χ4v) is 9.03. The molecule has 0 radical (unpaired) electrons. The number of anilines is 3. The zero-order valence-corrected chi connectivity index (χ0v) is 31.3. The van der Waals surface area contributed by atoms with E-state index in [1.54, 1.807) is 0 Å². The predicted octanol–water partition coefficient (Wildman–Crippen LogP) is 15.4. The molecule has 0 spiro atoms. The van der Waals surface area contributed by atoms with Gasteiger partial charge in [-0.05, 0) is 77.4 Å². The van der Waals surface area contributed by atoms with Crippen LogP contribution < -0.4 is 4.90 Å². The average Bonchev–Trinajstić information content (AvgIpc) is 3.97. The first-order valence-corrected chi connectivity index (χ1v) is 19.7. The van der Waals surface area contributed by atoms with Gasteiger partial charge >= 0.3 is 0 Å². The predicted molar refractivity (Wildman–Crippen MR) is 241 cm³/mol. The van der Waals surface area contributed by atoms with Gasteiger partial charge in [-0.1, -0.05) is 140 Å². The molecule has 0 aliphatic heterocycles. The SMILES string of the molecule is c1ccc(-c2cc(N(c3ccc4c(c3)oc3ccccc34)c3cccc4c3oc3ccccc34)ccc2-c2ccccc2-n2c3ccccc3c3ccccc32)cc1. The number of para-hydroxylation sites is 6. The molecular weight excluding hydrogens is 709 g/mol. The van der Waals surface area contributed by atoms with E-state index >= 15 is 0 Å². The van der Waals surface area contributed by atoms with Gasteiger partial charge in [-0.3, -0.25) is 0 Å². The number of hydrogen-bond acceptors (Lipinski definition) is 3. The van der Waals surface area contributed by atoms with Crippen molar-refractivity contribution in [3.05, 3.63) is 206 Å². The molecule has 4 heteroatoms. The van der Waals surface area contributed by atoms with Crippen LogP contribution in [0.25, 0.3) is 93.6 Å². The van der Waals surface area contributed by atoms with Gasteiger partial charge in [-0.25, -0.2) is 0 Å². The lowest BCUT2D eigenvalue weighted by atomic mass is 9.92. The summed E-state index contributed by atoms with van der Waals surface area (Å²) in [5.41, 5.74) is 14.3. The molecule has 0 saturated heterocycles. The molecule has 9 aromatic carbocycles. The lowest BCUT2D eigenvalue weighted by Crippen LogP contribution is -2.10. The standard InChI is InChI=1S/C54H34N2O2/c1-2-15-35(16-3-1)46-33-36(29-31-38(46)39-17-4-9-23-47(39)56-48-24-10-5-18-40(48)41-19-6-11-25-49(41)56)55(37-30-32-44-42-20-7-12-27-51(42)57-53(44)34-37)50-26-14-22-45-43-21-8-13-28-52(43)58-54(45)50/h1-34H. The molecule has 0 unspecified atom stereocenters. The number of rotatable bonds is 6. The highest BCUT2D eigenvalue weighted by Crippen LogP contribution is 2.47. The molecule has 3 heterocycles. The first-order chi connectivity index (χ1) is 28.8. The van der Waals surface area contributed by atoms with Gasteiger partial charge in [0.25, 0.3) is 0 Å². The molecule has 12 aromatic rings. The van der Waals surface area contributed by atoms with Crippen molar-refractivity contribution in [2.24, 2.45) is 0 Å². The molecule has 0 atom stereocenters. The maximum atomic E-state index is 6.71. The highest BCUT2D eigenvalue weighted by Gasteiger charge is 2.23. The zero-order valence-electron chi connectivity index (χ0n) is 31.3. The molecule has 58 heavy (non-hydrogen) atoms. The summed E-state index contributed by atoms with van der Waals surface area (Å²) in [7, 11) is 0. The van der Waals surface area contributed by atoms with E-state index in [-0.39, 0.29) is 0 Å². The maximum absolute atomic E-state index is 6.71. The lowest BCUT2D eigenvalue weighted by molar-refractivity contribution is 0.667. The molecular formula is C54H34N2O2. The molecule has 0 saturated carbocycles. The minimum Gasteiger partial charge on any atom is -0.456 e. The van der Waals surface area contributed by atoms with Gasteiger partial charge in [0, 0.05) is 49.6 Å². The Balaban J connectivity index is 1.12. The monoisotopic (exact) mass is 742 g/mol. The number of fused-ring (bicyclic) bond motifs is 9. The molecule has 3 aromatic heterocycles. The van der Waals surface area contributed by atoms with Crippen LogP contribution in [-0.2, 0) is 0 Å². The summed E-state index contributed by atoms with van der Waals surface area (Å²) in [5.74, 6) is 0. The Bertz CT molecular complexity index is 3480. The Kier molecular flexibility index (Phi) is 7.20.